The van der Waals surface area contributed by atoms with Gasteiger partial charge in [0, 0.05) is 24.0 Å². The second kappa shape index (κ2) is 7.93. The number of nitrogens with two attached hydrogens (primary N) is 1. The third-order valence-electron chi connectivity index (χ3n) is 5.28. The lowest BCUT2D eigenvalue weighted by Crippen LogP contribution is -2.54. The van der Waals surface area contributed by atoms with Gasteiger partial charge in [-0.05, 0) is 51.3 Å². The number of ketones is 1. The van der Waals surface area contributed by atoms with Gasteiger partial charge in [-0.15, -0.1) is 0 Å². The van der Waals surface area contributed by atoms with Crippen LogP contribution in [0.3, 0.4) is 0 Å². The molecule has 2 aromatic rings. The number of fused-ring (bicyclic) bond motifs is 1. The van der Waals surface area contributed by atoms with Gasteiger partial charge in [0.25, 0.3) is 17.6 Å². The third-order valence-corrected chi connectivity index (χ3v) is 5.28. The Labute approximate surface area is 176 Å². The summed E-state index contributed by atoms with van der Waals surface area (Å²) in [5.74, 6) is -5.49. The number of primary amides is 1. The fourth-order valence-electron chi connectivity index (χ4n) is 3.59. The predicted molar refractivity (Wildman–Crippen MR) is 108 cm³/mol. The Kier molecular flexibility index (Phi) is 5.66. The van der Waals surface area contributed by atoms with E-state index in [1.807, 2.05) is 0 Å². The van der Waals surface area contributed by atoms with E-state index in [-0.39, 0.29) is 22.5 Å². The number of nitrogens with one attached hydrogen (secondary N) is 2. The average Bonchev–Trinajstić information content (AvgIpc) is 3.23. The Balaban J connectivity index is 1.94. The van der Waals surface area contributed by atoms with Crippen LogP contribution in [0.15, 0.2) is 18.2 Å². The number of nitrogens with zero attached hydrogens (tertiary/aromatic N) is 1. The van der Waals surface area contributed by atoms with Crippen molar-refractivity contribution < 1.29 is 28.0 Å². The van der Waals surface area contributed by atoms with Crippen molar-refractivity contribution in [3.63, 3.8) is 0 Å². The van der Waals surface area contributed by atoms with Gasteiger partial charge >= 0.3 is 0 Å². The molecule has 3 amide bonds. The maximum absolute atomic E-state index is 13.5. The number of hydrogen-bond acceptors (Lipinski definition) is 4. The van der Waals surface area contributed by atoms with Crippen LogP contribution < -0.4 is 16.4 Å². The first-order valence-corrected chi connectivity index (χ1v) is 9.59. The number of aromatic nitrogens is 1. The molecule has 31 heavy (non-hydrogen) atoms. The number of carbonyl (C=O) groups is 4. The van der Waals surface area contributed by atoms with E-state index in [4.69, 9.17) is 5.73 Å². The zero-order valence-corrected chi connectivity index (χ0v) is 17.3. The summed E-state index contributed by atoms with van der Waals surface area (Å²) in [6, 6.07) is 2.96. The van der Waals surface area contributed by atoms with Crippen molar-refractivity contribution in [3.8, 4) is 0 Å². The highest BCUT2D eigenvalue weighted by atomic mass is 19.2. The number of halogens is 2. The molecule has 0 bridgehead atoms. The van der Waals surface area contributed by atoms with Gasteiger partial charge in [-0.3, -0.25) is 19.2 Å². The first-order chi connectivity index (χ1) is 14.4. The number of carbonyl (C=O) groups excluding carboxylic acids is 4. The lowest BCUT2D eigenvalue weighted by molar-refractivity contribution is -0.128. The van der Waals surface area contributed by atoms with Crippen LogP contribution in [0.5, 0.6) is 0 Å². The zero-order chi connectivity index (χ0) is 23.1. The summed E-state index contributed by atoms with van der Waals surface area (Å²) >= 11 is 0. The van der Waals surface area contributed by atoms with Crippen molar-refractivity contribution >= 4 is 29.2 Å². The number of hydrogen-bond donors (Lipinski definition) is 3. The standard InChI is InChI=1S/C21H22F2N4O4/c1-10-15(18(29)25-11-6-7-12(22)13(23)9-11)14-5-4-8-27(14)16(10)17(28)19(30)26-21(2,3)20(24)31/h6-7,9H,4-5,8H2,1-3H3,(H2,24,31)(H,25,29)(H,26,30). The smallest absolute Gasteiger partial charge is 0.294 e. The topological polar surface area (TPSA) is 123 Å². The van der Waals surface area contributed by atoms with E-state index in [0.717, 1.165) is 12.1 Å². The summed E-state index contributed by atoms with van der Waals surface area (Å²) in [7, 11) is 0. The van der Waals surface area contributed by atoms with E-state index < -0.39 is 40.7 Å². The molecule has 0 saturated heterocycles. The summed E-state index contributed by atoms with van der Waals surface area (Å²) in [6.07, 6.45) is 1.17. The minimum absolute atomic E-state index is 0.0423. The van der Waals surface area contributed by atoms with Crippen LogP contribution in [-0.2, 0) is 22.6 Å². The van der Waals surface area contributed by atoms with Crippen LogP contribution in [0.4, 0.5) is 14.5 Å². The Hall–Kier alpha value is -3.56. The number of Topliss-reactive ketones (excluding diaryl/α,β-unsaturated/α-hetero) is 1. The Bertz CT molecular complexity index is 1120. The van der Waals surface area contributed by atoms with Crippen LogP contribution in [-0.4, -0.2) is 33.6 Å². The Morgan fingerprint density at radius 3 is 2.42 bits per heavy atom. The van der Waals surface area contributed by atoms with Crippen molar-refractivity contribution in [3.05, 3.63) is 52.3 Å². The molecule has 1 aliphatic rings. The Morgan fingerprint density at radius 2 is 1.81 bits per heavy atom. The largest absolute Gasteiger partial charge is 0.368 e. The molecule has 1 aromatic heterocycles. The SMILES string of the molecule is Cc1c(C(=O)Nc2ccc(F)c(F)c2)c2n(c1C(=O)C(=O)NC(C)(C)C(N)=O)CCC2. The molecular weight excluding hydrogens is 410 g/mol. The number of benzene rings is 1. The second-order valence-corrected chi connectivity index (χ2v) is 7.91. The van der Waals surface area contributed by atoms with Gasteiger partial charge in [-0.1, -0.05) is 0 Å². The molecule has 0 fully saturated rings. The lowest BCUT2D eigenvalue weighted by atomic mass is 10.0. The van der Waals surface area contributed by atoms with E-state index in [0.29, 0.717) is 25.1 Å². The first-order valence-electron chi connectivity index (χ1n) is 9.59. The van der Waals surface area contributed by atoms with Crippen LogP contribution in [0.25, 0.3) is 0 Å². The maximum Gasteiger partial charge on any atom is 0.294 e. The molecule has 8 nitrogen and oxygen atoms in total. The molecule has 0 saturated carbocycles. The highest BCUT2D eigenvalue weighted by molar-refractivity contribution is 6.43. The minimum atomic E-state index is -1.44. The van der Waals surface area contributed by atoms with Gasteiger partial charge < -0.3 is 20.9 Å². The van der Waals surface area contributed by atoms with Crippen LogP contribution in [0.2, 0.25) is 0 Å². The van der Waals surface area contributed by atoms with Gasteiger partial charge in [-0.2, -0.15) is 0 Å². The number of amides is 3. The van der Waals surface area contributed by atoms with Gasteiger partial charge in [0.15, 0.2) is 11.6 Å². The highest BCUT2D eigenvalue weighted by Crippen LogP contribution is 2.30. The summed E-state index contributed by atoms with van der Waals surface area (Å²) in [5.41, 5.74) is 4.96. The van der Waals surface area contributed by atoms with E-state index in [1.165, 1.54) is 26.8 Å². The normalized spacial score (nSPS) is 12.9. The number of rotatable bonds is 6. The van der Waals surface area contributed by atoms with Crippen molar-refractivity contribution in [2.24, 2.45) is 5.73 Å². The molecular formula is C21H22F2N4O4. The molecule has 10 heteroatoms. The monoisotopic (exact) mass is 432 g/mol. The van der Waals surface area contributed by atoms with Crippen LogP contribution in [0.1, 0.15) is 52.4 Å². The molecule has 1 aliphatic heterocycles. The van der Waals surface area contributed by atoms with Crippen LogP contribution >= 0.6 is 0 Å². The molecule has 4 N–H and O–H groups in total. The molecule has 0 radical (unpaired) electrons. The first kappa shape index (κ1) is 22.1. The summed E-state index contributed by atoms with van der Waals surface area (Å²) in [4.78, 5) is 49.8. The molecule has 3 rings (SSSR count). The maximum atomic E-state index is 13.5. The molecule has 2 heterocycles. The molecule has 0 atom stereocenters. The van der Waals surface area contributed by atoms with E-state index >= 15 is 0 Å². The average molecular weight is 432 g/mol. The lowest BCUT2D eigenvalue weighted by Gasteiger charge is -2.21. The second-order valence-electron chi connectivity index (χ2n) is 7.91. The molecule has 1 aromatic carbocycles. The van der Waals surface area contributed by atoms with Crippen molar-refractivity contribution in [2.75, 3.05) is 5.32 Å². The fourth-order valence-corrected chi connectivity index (χ4v) is 3.59. The predicted octanol–water partition coefficient (Wildman–Crippen LogP) is 1.84. The fraction of sp³-hybridized carbons (Fsp3) is 0.333. The Morgan fingerprint density at radius 1 is 1.13 bits per heavy atom. The molecule has 164 valence electrons. The van der Waals surface area contributed by atoms with Gasteiger partial charge in [0.05, 0.1) is 11.3 Å². The zero-order valence-electron chi connectivity index (χ0n) is 17.3. The van der Waals surface area contributed by atoms with Crippen molar-refractivity contribution in [1.82, 2.24) is 9.88 Å². The van der Waals surface area contributed by atoms with Gasteiger partial charge in [-0.25, -0.2) is 8.78 Å². The third kappa shape index (κ3) is 4.05. The summed E-state index contributed by atoms with van der Waals surface area (Å²) in [5, 5.41) is 4.81. The molecule has 0 unspecified atom stereocenters. The van der Waals surface area contributed by atoms with E-state index in [1.54, 1.807) is 4.57 Å². The van der Waals surface area contributed by atoms with E-state index in [2.05, 4.69) is 10.6 Å². The molecule has 0 aliphatic carbocycles. The van der Waals surface area contributed by atoms with Crippen LogP contribution in [0, 0.1) is 18.6 Å². The van der Waals surface area contributed by atoms with E-state index in [9.17, 15) is 28.0 Å². The summed E-state index contributed by atoms with van der Waals surface area (Å²) in [6.45, 7) is 4.71. The van der Waals surface area contributed by atoms with Gasteiger partial charge in [0.1, 0.15) is 5.54 Å². The quantitative estimate of drug-likeness (QED) is 0.476. The van der Waals surface area contributed by atoms with Gasteiger partial charge in [0.2, 0.25) is 5.91 Å². The summed E-state index contributed by atoms with van der Waals surface area (Å²) < 4.78 is 28.2. The molecule has 0 spiro atoms. The number of anilines is 1. The minimum Gasteiger partial charge on any atom is -0.368 e. The van der Waals surface area contributed by atoms with Crippen molar-refractivity contribution in [1.29, 1.82) is 0 Å². The highest BCUT2D eigenvalue weighted by Gasteiger charge is 2.36. The van der Waals surface area contributed by atoms with Crippen molar-refractivity contribution in [2.45, 2.75) is 45.7 Å².